The topological polar surface area (TPSA) is 65.4 Å². The SMILES string of the molecule is Cc1cccc(OCCN(C)CC(=O)NC2(C#N)CCCCC2)c1. The Morgan fingerprint density at radius 3 is 2.79 bits per heavy atom. The minimum atomic E-state index is -0.658. The second-order valence-electron chi connectivity index (χ2n) is 6.71. The first-order chi connectivity index (χ1) is 11.5. The van der Waals surface area contributed by atoms with E-state index in [1.165, 1.54) is 0 Å². The number of carbonyl (C=O) groups is 1. The van der Waals surface area contributed by atoms with Crippen LogP contribution < -0.4 is 10.1 Å². The summed E-state index contributed by atoms with van der Waals surface area (Å²) >= 11 is 0. The Labute approximate surface area is 144 Å². The van der Waals surface area contributed by atoms with Gasteiger partial charge in [-0.2, -0.15) is 5.26 Å². The Morgan fingerprint density at radius 2 is 2.12 bits per heavy atom. The number of likely N-dealkylation sites (N-methyl/N-ethyl adjacent to an activating group) is 1. The van der Waals surface area contributed by atoms with Crippen LogP contribution in [0.5, 0.6) is 5.75 Å². The molecule has 1 amide bonds. The quantitative estimate of drug-likeness (QED) is 0.835. The smallest absolute Gasteiger partial charge is 0.235 e. The van der Waals surface area contributed by atoms with E-state index in [2.05, 4.69) is 11.4 Å². The van der Waals surface area contributed by atoms with Gasteiger partial charge in [0.2, 0.25) is 5.91 Å². The van der Waals surface area contributed by atoms with Crippen LogP contribution in [-0.4, -0.2) is 43.1 Å². The van der Waals surface area contributed by atoms with Crippen LogP contribution in [0.4, 0.5) is 0 Å². The first-order valence-corrected chi connectivity index (χ1v) is 8.63. The van der Waals surface area contributed by atoms with Crippen LogP contribution in [0.2, 0.25) is 0 Å². The van der Waals surface area contributed by atoms with Gasteiger partial charge in [0, 0.05) is 6.54 Å². The lowest BCUT2D eigenvalue weighted by Crippen LogP contribution is -2.51. The molecule has 1 fully saturated rings. The molecule has 1 aromatic carbocycles. The number of hydrogen-bond acceptors (Lipinski definition) is 4. The van der Waals surface area contributed by atoms with Crippen molar-refractivity contribution in [2.75, 3.05) is 26.7 Å². The predicted octanol–water partition coefficient (Wildman–Crippen LogP) is 2.65. The van der Waals surface area contributed by atoms with E-state index >= 15 is 0 Å². The molecule has 0 aliphatic heterocycles. The Morgan fingerprint density at radius 1 is 1.38 bits per heavy atom. The van der Waals surface area contributed by atoms with Crippen LogP contribution in [0.15, 0.2) is 24.3 Å². The van der Waals surface area contributed by atoms with Gasteiger partial charge in [-0.05, 0) is 44.5 Å². The summed E-state index contributed by atoms with van der Waals surface area (Å²) in [6.45, 7) is 3.48. The summed E-state index contributed by atoms with van der Waals surface area (Å²) in [6.07, 6.45) is 4.68. The third kappa shape index (κ3) is 5.54. The van der Waals surface area contributed by atoms with Crippen LogP contribution in [0.3, 0.4) is 0 Å². The molecule has 0 saturated heterocycles. The molecule has 2 rings (SSSR count). The number of hydrogen-bond donors (Lipinski definition) is 1. The highest BCUT2D eigenvalue weighted by molar-refractivity contribution is 5.79. The number of nitrogens with one attached hydrogen (secondary N) is 1. The maximum atomic E-state index is 12.2. The molecule has 1 aliphatic carbocycles. The lowest BCUT2D eigenvalue weighted by Gasteiger charge is -2.32. The Bertz CT molecular complexity index is 589. The summed E-state index contributed by atoms with van der Waals surface area (Å²) < 4.78 is 5.70. The monoisotopic (exact) mass is 329 g/mol. The van der Waals surface area contributed by atoms with E-state index in [0.29, 0.717) is 13.2 Å². The molecule has 0 heterocycles. The van der Waals surface area contributed by atoms with Crippen LogP contribution in [0, 0.1) is 18.3 Å². The van der Waals surface area contributed by atoms with Crippen molar-refractivity contribution in [1.82, 2.24) is 10.2 Å². The number of nitriles is 1. The molecule has 1 aliphatic rings. The van der Waals surface area contributed by atoms with Crippen LogP contribution in [-0.2, 0) is 4.79 Å². The van der Waals surface area contributed by atoms with Crippen LogP contribution in [0.25, 0.3) is 0 Å². The molecule has 0 unspecified atom stereocenters. The van der Waals surface area contributed by atoms with Gasteiger partial charge in [0.1, 0.15) is 17.9 Å². The number of amides is 1. The molecule has 130 valence electrons. The zero-order chi connectivity index (χ0) is 17.4. The summed E-state index contributed by atoms with van der Waals surface area (Å²) in [5, 5.41) is 12.4. The zero-order valence-electron chi connectivity index (χ0n) is 14.7. The van der Waals surface area contributed by atoms with E-state index in [-0.39, 0.29) is 12.5 Å². The van der Waals surface area contributed by atoms with Gasteiger partial charge in [-0.3, -0.25) is 9.69 Å². The van der Waals surface area contributed by atoms with E-state index in [9.17, 15) is 10.1 Å². The lowest BCUT2D eigenvalue weighted by molar-refractivity contribution is -0.123. The van der Waals surface area contributed by atoms with Gasteiger partial charge >= 0.3 is 0 Å². The molecule has 1 N–H and O–H groups in total. The molecule has 0 bridgehead atoms. The van der Waals surface area contributed by atoms with E-state index < -0.39 is 5.54 Å². The number of ether oxygens (including phenoxy) is 1. The van der Waals surface area contributed by atoms with Crippen molar-refractivity contribution in [3.63, 3.8) is 0 Å². The van der Waals surface area contributed by atoms with Gasteiger partial charge in [0.15, 0.2) is 0 Å². The first-order valence-electron chi connectivity index (χ1n) is 8.63. The van der Waals surface area contributed by atoms with Gasteiger partial charge in [0.25, 0.3) is 0 Å². The maximum Gasteiger partial charge on any atom is 0.235 e. The second-order valence-corrected chi connectivity index (χ2v) is 6.71. The number of aryl methyl sites for hydroxylation is 1. The molecule has 0 atom stereocenters. The molecular formula is C19H27N3O2. The zero-order valence-corrected chi connectivity index (χ0v) is 14.7. The van der Waals surface area contributed by atoms with Crippen molar-refractivity contribution in [3.05, 3.63) is 29.8 Å². The van der Waals surface area contributed by atoms with Crippen molar-refractivity contribution in [3.8, 4) is 11.8 Å². The number of nitrogens with zero attached hydrogens (tertiary/aromatic N) is 2. The van der Waals surface area contributed by atoms with Crippen molar-refractivity contribution in [2.24, 2.45) is 0 Å². The van der Waals surface area contributed by atoms with Gasteiger partial charge < -0.3 is 10.1 Å². The Balaban J connectivity index is 1.72. The average molecular weight is 329 g/mol. The molecule has 1 aromatic rings. The van der Waals surface area contributed by atoms with Crippen LogP contribution in [0.1, 0.15) is 37.7 Å². The minimum Gasteiger partial charge on any atom is -0.492 e. The molecule has 0 aromatic heterocycles. The highest BCUT2D eigenvalue weighted by Crippen LogP contribution is 2.27. The normalized spacial score (nSPS) is 16.4. The van der Waals surface area contributed by atoms with Crippen molar-refractivity contribution in [1.29, 1.82) is 5.26 Å². The molecule has 1 saturated carbocycles. The van der Waals surface area contributed by atoms with Crippen LogP contribution >= 0.6 is 0 Å². The minimum absolute atomic E-state index is 0.0866. The number of benzene rings is 1. The molecule has 24 heavy (non-hydrogen) atoms. The van der Waals surface area contributed by atoms with E-state index in [0.717, 1.165) is 43.4 Å². The van der Waals surface area contributed by atoms with E-state index in [1.54, 1.807) is 0 Å². The molecule has 0 radical (unpaired) electrons. The summed E-state index contributed by atoms with van der Waals surface area (Å²) in [5.41, 5.74) is 0.503. The molecule has 0 spiro atoms. The summed E-state index contributed by atoms with van der Waals surface area (Å²) in [4.78, 5) is 14.1. The van der Waals surface area contributed by atoms with Crippen molar-refractivity contribution in [2.45, 2.75) is 44.6 Å². The average Bonchev–Trinajstić information content (AvgIpc) is 2.55. The third-order valence-electron chi connectivity index (χ3n) is 4.44. The fraction of sp³-hybridized carbons (Fsp3) is 0.579. The standard InChI is InChI=1S/C19H27N3O2/c1-16-7-6-8-17(13-16)24-12-11-22(2)14-18(23)21-19(15-20)9-4-3-5-10-19/h6-8,13H,3-5,9-12,14H2,1-2H3,(H,21,23). The summed E-state index contributed by atoms with van der Waals surface area (Å²) in [7, 11) is 1.89. The third-order valence-corrected chi connectivity index (χ3v) is 4.44. The van der Waals surface area contributed by atoms with Gasteiger partial charge in [0.05, 0.1) is 12.6 Å². The van der Waals surface area contributed by atoms with Gasteiger partial charge in [-0.1, -0.05) is 31.4 Å². The van der Waals surface area contributed by atoms with Gasteiger partial charge in [-0.15, -0.1) is 0 Å². The molecule has 5 heteroatoms. The summed E-state index contributed by atoms with van der Waals surface area (Å²) in [5.74, 6) is 0.759. The second kappa shape index (κ2) is 8.70. The largest absolute Gasteiger partial charge is 0.492 e. The number of rotatable bonds is 7. The van der Waals surface area contributed by atoms with Crippen molar-refractivity contribution < 1.29 is 9.53 Å². The number of carbonyl (C=O) groups excluding carboxylic acids is 1. The van der Waals surface area contributed by atoms with Crippen molar-refractivity contribution >= 4 is 5.91 Å². The molecule has 5 nitrogen and oxygen atoms in total. The lowest BCUT2D eigenvalue weighted by atomic mass is 9.83. The van der Waals surface area contributed by atoms with E-state index in [1.807, 2.05) is 43.1 Å². The first kappa shape index (κ1) is 18.3. The highest BCUT2D eigenvalue weighted by Gasteiger charge is 2.33. The fourth-order valence-electron chi connectivity index (χ4n) is 3.08. The maximum absolute atomic E-state index is 12.2. The summed E-state index contributed by atoms with van der Waals surface area (Å²) in [6, 6.07) is 10.2. The van der Waals surface area contributed by atoms with Gasteiger partial charge in [-0.25, -0.2) is 0 Å². The predicted molar refractivity (Wildman–Crippen MR) is 93.7 cm³/mol. The van der Waals surface area contributed by atoms with E-state index in [4.69, 9.17) is 4.74 Å². The fourth-order valence-corrected chi connectivity index (χ4v) is 3.08. The highest BCUT2D eigenvalue weighted by atomic mass is 16.5. The Kier molecular flexibility index (Phi) is 6.62. The molecular weight excluding hydrogens is 302 g/mol. The Hall–Kier alpha value is -2.06.